The summed E-state index contributed by atoms with van der Waals surface area (Å²) in [6.07, 6.45) is 2.82. The molecule has 0 radical (unpaired) electrons. The van der Waals surface area contributed by atoms with Crippen molar-refractivity contribution >= 4 is 56.2 Å². The van der Waals surface area contributed by atoms with Gasteiger partial charge in [-0.3, -0.25) is 9.59 Å². The zero-order valence-corrected chi connectivity index (χ0v) is 17.8. The molecule has 5 rings (SSSR count). The van der Waals surface area contributed by atoms with E-state index >= 15 is 0 Å². The van der Waals surface area contributed by atoms with Crippen LogP contribution in [0.3, 0.4) is 0 Å². The van der Waals surface area contributed by atoms with E-state index in [9.17, 15) is 9.59 Å². The van der Waals surface area contributed by atoms with Gasteiger partial charge < -0.3 is 0 Å². The van der Waals surface area contributed by atoms with Crippen LogP contribution in [0.2, 0.25) is 0 Å². The Balaban J connectivity index is 1.76. The molecule has 4 heterocycles. The summed E-state index contributed by atoms with van der Waals surface area (Å²) in [4.78, 5) is 36.5. The quantitative estimate of drug-likeness (QED) is 0.420. The Hall–Kier alpha value is -3.36. The predicted octanol–water partition coefficient (Wildman–Crippen LogP) is 5.10. The van der Waals surface area contributed by atoms with E-state index in [0.29, 0.717) is 11.4 Å². The molecule has 8 heteroatoms. The van der Waals surface area contributed by atoms with E-state index in [1.165, 1.54) is 23.7 Å². The first-order chi connectivity index (χ1) is 14.5. The van der Waals surface area contributed by atoms with Crippen LogP contribution in [0.15, 0.2) is 65.1 Å². The van der Waals surface area contributed by atoms with E-state index in [0.717, 1.165) is 36.9 Å². The van der Waals surface area contributed by atoms with Crippen LogP contribution >= 0.6 is 22.7 Å². The number of carbonyl (C=O) groups is 2. The van der Waals surface area contributed by atoms with Gasteiger partial charge in [0.25, 0.3) is 11.8 Å². The largest absolute Gasteiger partial charge is 0.276 e. The molecule has 0 aliphatic carbocycles. The first-order valence-electron chi connectivity index (χ1n) is 9.24. The Morgan fingerprint density at radius 1 is 1.00 bits per heavy atom. The van der Waals surface area contributed by atoms with Gasteiger partial charge in [0.05, 0.1) is 11.1 Å². The van der Waals surface area contributed by atoms with Crippen LogP contribution in [0.4, 0.5) is 11.5 Å². The number of aromatic nitrogens is 2. The SMILES string of the molecule is CC1=CC(=O)N(N(c2cc(-c3cccs3)ccc2C)c2ncnc3sccc23)C1=O. The molecule has 0 N–H and O–H groups in total. The Morgan fingerprint density at radius 3 is 2.60 bits per heavy atom. The number of benzene rings is 1. The molecule has 1 aliphatic rings. The number of amides is 2. The van der Waals surface area contributed by atoms with Crippen molar-refractivity contribution in [3.8, 4) is 10.4 Å². The van der Waals surface area contributed by atoms with Crippen LogP contribution in [0.5, 0.6) is 0 Å². The minimum atomic E-state index is -0.389. The third-order valence-electron chi connectivity index (χ3n) is 4.96. The van der Waals surface area contributed by atoms with Gasteiger partial charge in [-0.15, -0.1) is 22.7 Å². The predicted molar refractivity (Wildman–Crippen MR) is 120 cm³/mol. The Morgan fingerprint density at radius 2 is 1.87 bits per heavy atom. The Kier molecular flexibility index (Phi) is 4.45. The number of carbonyl (C=O) groups excluding carboxylic acids is 2. The normalized spacial score (nSPS) is 13.9. The van der Waals surface area contributed by atoms with Crippen molar-refractivity contribution in [2.45, 2.75) is 13.8 Å². The highest BCUT2D eigenvalue weighted by atomic mass is 32.1. The minimum Gasteiger partial charge on any atom is -0.267 e. The number of thiophene rings is 2. The van der Waals surface area contributed by atoms with E-state index < -0.39 is 0 Å². The number of hydrazine groups is 1. The molecule has 6 nitrogen and oxygen atoms in total. The fraction of sp³-hybridized carbons (Fsp3) is 0.0909. The average Bonchev–Trinajstić information content (AvgIpc) is 3.47. The molecule has 0 saturated carbocycles. The summed E-state index contributed by atoms with van der Waals surface area (Å²) in [5.74, 6) is -0.249. The van der Waals surface area contributed by atoms with E-state index in [2.05, 4.69) is 9.97 Å². The minimum absolute atomic E-state index is 0.358. The molecule has 0 bridgehead atoms. The summed E-state index contributed by atoms with van der Waals surface area (Å²) < 4.78 is 0. The van der Waals surface area contributed by atoms with Gasteiger partial charge >= 0.3 is 0 Å². The van der Waals surface area contributed by atoms with Crippen molar-refractivity contribution in [2.75, 3.05) is 5.01 Å². The van der Waals surface area contributed by atoms with Crippen molar-refractivity contribution in [3.05, 3.63) is 70.7 Å². The molecule has 3 aromatic heterocycles. The number of nitrogens with zero attached hydrogens (tertiary/aromatic N) is 4. The second kappa shape index (κ2) is 7.16. The molecular weight excluding hydrogens is 416 g/mol. The summed E-state index contributed by atoms with van der Waals surface area (Å²) in [6.45, 7) is 3.60. The summed E-state index contributed by atoms with van der Waals surface area (Å²) in [6, 6.07) is 12.0. The fourth-order valence-electron chi connectivity index (χ4n) is 3.46. The molecule has 4 aromatic rings. The Bertz CT molecular complexity index is 1320. The van der Waals surface area contributed by atoms with Crippen molar-refractivity contribution in [2.24, 2.45) is 0 Å². The molecule has 0 atom stereocenters. The highest BCUT2D eigenvalue weighted by Crippen LogP contribution is 2.39. The highest BCUT2D eigenvalue weighted by molar-refractivity contribution is 7.16. The average molecular weight is 433 g/mol. The van der Waals surface area contributed by atoms with Crippen LogP contribution in [-0.2, 0) is 9.59 Å². The zero-order valence-electron chi connectivity index (χ0n) is 16.2. The van der Waals surface area contributed by atoms with Gasteiger partial charge in [0.2, 0.25) is 0 Å². The molecule has 2 amide bonds. The molecule has 0 saturated heterocycles. The fourth-order valence-corrected chi connectivity index (χ4v) is 4.91. The van der Waals surface area contributed by atoms with E-state index in [-0.39, 0.29) is 11.8 Å². The standard InChI is InChI=1S/C22H16N4O2S2/c1-13-5-6-15(18-4-3-8-29-18)11-17(13)25(26-19(27)10-14(2)22(26)28)20-16-7-9-30-21(16)24-12-23-20/h3-12H,1-2H3. The molecule has 0 unspecified atom stereocenters. The molecule has 0 spiro atoms. The molecule has 0 fully saturated rings. The van der Waals surface area contributed by atoms with Gasteiger partial charge in [-0.1, -0.05) is 18.2 Å². The third kappa shape index (κ3) is 2.92. The summed E-state index contributed by atoms with van der Waals surface area (Å²) in [5.41, 5.74) is 3.04. The van der Waals surface area contributed by atoms with Crippen LogP contribution < -0.4 is 5.01 Å². The van der Waals surface area contributed by atoms with Crippen molar-refractivity contribution in [3.63, 3.8) is 0 Å². The van der Waals surface area contributed by atoms with Crippen LogP contribution in [0, 0.1) is 6.92 Å². The van der Waals surface area contributed by atoms with Crippen LogP contribution in [-0.4, -0.2) is 26.8 Å². The number of hydrogen-bond acceptors (Lipinski definition) is 7. The van der Waals surface area contributed by atoms with Gasteiger partial charge in [0, 0.05) is 16.5 Å². The number of aryl methyl sites for hydroxylation is 1. The lowest BCUT2D eigenvalue weighted by Gasteiger charge is -2.32. The maximum Gasteiger partial charge on any atom is 0.276 e. The maximum absolute atomic E-state index is 13.0. The molecule has 1 aliphatic heterocycles. The van der Waals surface area contributed by atoms with Gasteiger partial charge in [-0.2, -0.15) is 5.01 Å². The third-order valence-corrected chi connectivity index (χ3v) is 6.70. The number of anilines is 2. The summed E-state index contributed by atoms with van der Waals surface area (Å²) in [7, 11) is 0. The number of imide groups is 1. The lowest BCUT2D eigenvalue weighted by Crippen LogP contribution is -2.45. The monoisotopic (exact) mass is 432 g/mol. The van der Waals surface area contributed by atoms with Crippen LogP contribution in [0.25, 0.3) is 20.7 Å². The topological polar surface area (TPSA) is 66.4 Å². The van der Waals surface area contributed by atoms with E-state index in [1.807, 2.05) is 54.1 Å². The number of fused-ring (bicyclic) bond motifs is 1. The smallest absolute Gasteiger partial charge is 0.267 e. The van der Waals surface area contributed by atoms with Crippen molar-refractivity contribution in [1.82, 2.24) is 15.0 Å². The zero-order chi connectivity index (χ0) is 20.8. The molecular formula is C22H16N4O2S2. The Labute approximate surface area is 180 Å². The second-order valence-electron chi connectivity index (χ2n) is 6.91. The first-order valence-corrected chi connectivity index (χ1v) is 11.0. The highest BCUT2D eigenvalue weighted by Gasteiger charge is 2.37. The molecule has 1 aromatic carbocycles. The number of hydrogen-bond donors (Lipinski definition) is 0. The summed E-state index contributed by atoms with van der Waals surface area (Å²) >= 11 is 3.12. The van der Waals surface area contributed by atoms with Gasteiger partial charge in [-0.25, -0.2) is 15.0 Å². The van der Waals surface area contributed by atoms with E-state index in [1.54, 1.807) is 23.3 Å². The second-order valence-corrected chi connectivity index (χ2v) is 8.75. The summed E-state index contributed by atoms with van der Waals surface area (Å²) in [5, 5.41) is 7.52. The van der Waals surface area contributed by atoms with Crippen molar-refractivity contribution in [1.29, 1.82) is 0 Å². The van der Waals surface area contributed by atoms with E-state index in [4.69, 9.17) is 0 Å². The van der Waals surface area contributed by atoms with Gasteiger partial charge in [0.1, 0.15) is 11.2 Å². The number of rotatable bonds is 4. The van der Waals surface area contributed by atoms with Crippen LogP contribution in [0.1, 0.15) is 12.5 Å². The first kappa shape index (κ1) is 18.7. The molecule has 148 valence electrons. The molecule has 30 heavy (non-hydrogen) atoms. The van der Waals surface area contributed by atoms with Crippen molar-refractivity contribution < 1.29 is 9.59 Å². The van der Waals surface area contributed by atoms with Gasteiger partial charge in [0.15, 0.2) is 5.82 Å². The lowest BCUT2D eigenvalue weighted by atomic mass is 10.1. The van der Waals surface area contributed by atoms with Gasteiger partial charge in [-0.05, 0) is 53.9 Å². The maximum atomic E-state index is 13.0. The lowest BCUT2D eigenvalue weighted by molar-refractivity contribution is -0.137.